The average Bonchev–Trinajstić information content (AvgIpc) is 3.18. The Kier molecular flexibility index (Phi) is 8.68. The van der Waals surface area contributed by atoms with Crippen molar-refractivity contribution in [3.63, 3.8) is 0 Å². The summed E-state index contributed by atoms with van der Waals surface area (Å²) in [7, 11) is 0. The maximum Gasteiger partial charge on any atom is 0.310 e. The van der Waals surface area contributed by atoms with Crippen LogP contribution in [0.4, 0.5) is 0 Å². The number of esters is 1. The number of rotatable bonds is 10. The summed E-state index contributed by atoms with van der Waals surface area (Å²) in [6.07, 6.45) is 2.17. The van der Waals surface area contributed by atoms with E-state index < -0.39 is 18.2 Å². The number of β-amino-alcohol motifs (C(OH)–C–C–N with tert-alkyl or cyclic N) is 1. The summed E-state index contributed by atoms with van der Waals surface area (Å²) in [5.74, 6) is 0.705. The summed E-state index contributed by atoms with van der Waals surface area (Å²) in [6, 6.07) is 11.8. The number of halogens is 2. The van der Waals surface area contributed by atoms with Gasteiger partial charge in [-0.3, -0.25) is 4.79 Å². The van der Waals surface area contributed by atoms with Crippen molar-refractivity contribution < 1.29 is 19.4 Å². The molecule has 1 aliphatic carbocycles. The second-order valence-electron chi connectivity index (χ2n) is 9.42. The van der Waals surface area contributed by atoms with Gasteiger partial charge in [-0.25, -0.2) is 0 Å². The Balaban J connectivity index is 1.51. The third-order valence-electron chi connectivity index (χ3n) is 6.10. The fraction of sp³-hybridized carbons (Fsp3) is 0.500. The Bertz CT molecular complexity index is 954. The highest BCUT2D eigenvalue weighted by atomic mass is 35.5. The van der Waals surface area contributed by atoms with Gasteiger partial charge in [0, 0.05) is 18.5 Å². The summed E-state index contributed by atoms with van der Waals surface area (Å²) in [6.45, 7) is 8.19. The second-order valence-corrected chi connectivity index (χ2v) is 10.2. The van der Waals surface area contributed by atoms with E-state index in [0.29, 0.717) is 18.2 Å². The fourth-order valence-electron chi connectivity index (χ4n) is 4.29. The van der Waals surface area contributed by atoms with E-state index in [9.17, 15) is 9.90 Å². The molecule has 5 nitrogen and oxygen atoms in total. The molecule has 33 heavy (non-hydrogen) atoms. The Morgan fingerprint density at radius 3 is 2.30 bits per heavy atom. The van der Waals surface area contributed by atoms with E-state index in [4.69, 9.17) is 32.7 Å². The van der Waals surface area contributed by atoms with Gasteiger partial charge in [0.15, 0.2) is 5.75 Å². The van der Waals surface area contributed by atoms with Gasteiger partial charge in [-0.05, 0) is 69.2 Å². The molecule has 0 saturated heterocycles. The lowest BCUT2D eigenvalue weighted by atomic mass is 9.88. The Labute approximate surface area is 206 Å². The van der Waals surface area contributed by atoms with Crippen LogP contribution in [0.5, 0.6) is 11.5 Å². The van der Waals surface area contributed by atoms with Crippen LogP contribution in [0.1, 0.15) is 51.7 Å². The molecule has 2 aromatic carbocycles. The van der Waals surface area contributed by atoms with Crippen molar-refractivity contribution in [2.45, 2.75) is 71.1 Å². The molecular weight excluding hydrogens is 461 g/mol. The first-order chi connectivity index (χ1) is 15.6. The molecule has 2 N–H and O–H groups in total. The first-order valence-electron chi connectivity index (χ1n) is 11.4. The van der Waals surface area contributed by atoms with E-state index in [1.807, 2.05) is 0 Å². The molecule has 7 heteroatoms. The van der Waals surface area contributed by atoms with Gasteiger partial charge in [0.05, 0.1) is 0 Å². The van der Waals surface area contributed by atoms with Gasteiger partial charge in [-0.1, -0.05) is 54.4 Å². The van der Waals surface area contributed by atoms with Gasteiger partial charge < -0.3 is 19.9 Å². The third kappa shape index (κ3) is 6.86. The number of carbonyl (C=O) groups excluding carboxylic acids is 1. The van der Waals surface area contributed by atoms with Gasteiger partial charge in [0.25, 0.3) is 0 Å². The topological polar surface area (TPSA) is 67.8 Å². The van der Waals surface area contributed by atoms with Crippen molar-refractivity contribution >= 4 is 29.2 Å². The summed E-state index contributed by atoms with van der Waals surface area (Å²) in [5, 5.41) is 14.4. The molecule has 0 spiro atoms. The van der Waals surface area contributed by atoms with Crippen LogP contribution >= 0.6 is 23.2 Å². The van der Waals surface area contributed by atoms with Gasteiger partial charge in [0.1, 0.15) is 28.0 Å². The van der Waals surface area contributed by atoms with E-state index >= 15 is 0 Å². The van der Waals surface area contributed by atoms with E-state index in [1.54, 1.807) is 19.9 Å². The minimum absolute atomic E-state index is 0.106. The number of aliphatic hydroxyl groups is 1. The molecule has 0 heterocycles. The lowest BCUT2D eigenvalue weighted by Gasteiger charge is -2.32. The Hall–Kier alpha value is -1.79. The van der Waals surface area contributed by atoms with E-state index in [2.05, 4.69) is 43.4 Å². The predicted octanol–water partition coefficient (Wildman–Crippen LogP) is 5.61. The number of ether oxygens (including phenoxy) is 2. The fourth-order valence-corrected chi connectivity index (χ4v) is 4.69. The SMILES string of the molecule is CCC(=O)Oc1ccc(OC(C)C(O)CNC(C)(C)CC2Cc3ccccc3C2)c(Cl)c1Cl. The van der Waals surface area contributed by atoms with Crippen LogP contribution in [-0.4, -0.2) is 35.4 Å². The molecule has 0 saturated carbocycles. The first-order valence-corrected chi connectivity index (χ1v) is 12.2. The van der Waals surface area contributed by atoms with Crippen LogP contribution in [-0.2, 0) is 17.6 Å². The van der Waals surface area contributed by atoms with Crippen molar-refractivity contribution in [2.75, 3.05) is 6.54 Å². The molecule has 3 rings (SSSR count). The smallest absolute Gasteiger partial charge is 0.310 e. The predicted molar refractivity (Wildman–Crippen MR) is 133 cm³/mol. The highest BCUT2D eigenvalue weighted by Gasteiger charge is 2.29. The largest absolute Gasteiger partial charge is 0.486 e. The van der Waals surface area contributed by atoms with Crippen molar-refractivity contribution in [2.24, 2.45) is 5.92 Å². The van der Waals surface area contributed by atoms with Gasteiger partial charge >= 0.3 is 5.97 Å². The lowest BCUT2D eigenvalue weighted by molar-refractivity contribution is -0.134. The minimum atomic E-state index is -0.752. The molecule has 180 valence electrons. The number of hydrogen-bond acceptors (Lipinski definition) is 5. The zero-order valence-corrected chi connectivity index (χ0v) is 21.2. The molecule has 2 atom stereocenters. The van der Waals surface area contributed by atoms with Crippen molar-refractivity contribution in [1.82, 2.24) is 5.32 Å². The summed E-state index contributed by atoms with van der Waals surface area (Å²) in [5.41, 5.74) is 2.77. The molecule has 1 aliphatic rings. The molecule has 2 aromatic rings. The lowest BCUT2D eigenvalue weighted by Crippen LogP contribution is -2.48. The highest BCUT2D eigenvalue weighted by molar-refractivity contribution is 6.43. The number of carbonyl (C=O) groups is 1. The number of fused-ring (bicyclic) bond motifs is 1. The monoisotopic (exact) mass is 493 g/mol. The van der Waals surface area contributed by atoms with Crippen molar-refractivity contribution in [3.8, 4) is 11.5 Å². The van der Waals surface area contributed by atoms with Crippen molar-refractivity contribution in [3.05, 3.63) is 57.6 Å². The van der Waals surface area contributed by atoms with Crippen molar-refractivity contribution in [1.29, 1.82) is 0 Å². The summed E-state index contributed by atoms with van der Waals surface area (Å²) < 4.78 is 11.0. The van der Waals surface area contributed by atoms with E-state index in [-0.39, 0.29) is 27.8 Å². The Morgan fingerprint density at radius 1 is 1.12 bits per heavy atom. The van der Waals surface area contributed by atoms with Crippen LogP contribution in [0, 0.1) is 5.92 Å². The molecule has 0 radical (unpaired) electrons. The van der Waals surface area contributed by atoms with E-state index in [0.717, 1.165) is 19.3 Å². The van der Waals surface area contributed by atoms with Crippen LogP contribution in [0.25, 0.3) is 0 Å². The maximum absolute atomic E-state index is 11.5. The molecule has 0 aromatic heterocycles. The molecule has 0 fully saturated rings. The van der Waals surface area contributed by atoms with Gasteiger partial charge in [-0.2, -0.15) is 0 Å². The normalized spacial score (nSPS) is 15.7. The van der Waals surface area contributed by atoms with E-state index in [1.165, 1.54) is 17.2 Å². The number of nitrogens with one attached hydrogen (secondary N) is 1. The molecule has 2 unspecified atom stereocenters. The van der Waals surface area contributed by atoms with Crippen LogP contribution in [0.2, 0.25) is 10.0 Å². The van der Waals surface area contributed by atoms with Crippen LogP contribution < -0.4 is 14.8 Å². The van der Waals surface area contributed by atoms with Gasteiger partial charge in [-0.15, -0.1) is 0 Å². The third-order valence-corrected chi connectivity index (χ3v) is 6.95. The second kappa shape index (κ2) is 11.1. The number of benzene rings is 2. The summed E-state index contributed by atoms with van der Waals surface area (Å²) >= 11 is 12.5. The quantitative estimate of drug-likeness (QED) is 0.332. The van der Waals surface area contributed by atoms with Crippen LogP contribution in [0.3, 0.4) is 0 Å². The average molecular weight is 494 g/mol. The summed E-state index contributed by atoms with van der Waals surface area (Å²) in [4.78, 5) is 11.5. The number of hydrogen-bond donors (Lipinski definition) is 2. The zero-order valence-electron chi connectivity index (χ0n) is 19.7. The van der Waals surface area contributed by atoms with Gasteiger partial charge in [0.2, 0.25) is 0 Å². The number of aliphatic hydroxyl groups excluding tert-OH is 1. The first kappa shape index (κ1) is 25.8. The van der Waals surface area contributed by atoms with Crippen LogP contribution in [0.15, 0.2) is 36.4 Å². The Morgan fingerprint density at radius 2 is 1.70 bits per heavy atom. The molecule has 0 amide bonds. The zero-order chi connectivity index (χ0) is 24.2. The molecule has 0 bridgehead atoms. The highest BCUT2D eigenvalue weighted by Crippen LogP contribution is 2.39. The minimum Gasteiger partial charge on any atom is -0.486 e. The molecule has 0 aliphatic heterocycles. The maximum atomic E-state index is 11.5. The molecular formula is C26H33Cl2NO4. The standard InChI is InChI=1S/C26H33Cl2NO4/c1-5-23(31)33-22-11-10-21(24(27)25(22)28)32-16(2)20(30)15-29-26(3,4)14-17-12-18-8-6-7-9-19(18)13-17/h6-11,16-17,20,29-30H,5,12-15H2,1-4H3.